The molecule has 1 unspecified atom stereocenters. The normalized spacial score (nSPS) is 15.9. The molecule has 2 aromatic rings. The molecule has 0 aromatic heterocycles. The Morgan fingerprint density at radius 2 is 1.73 bits per heavy atom. The largest absolute Gasteiger partial charge is 0.494 e. The fraction of sp³-hybridized carbons (Fsp3) is 0.300. The average molecular weight is 355 g/mol. The molecule has 0 spiro atoms. The highest BCUT2D eigenvalue weighted by Crippen LogP contribution is 2.28. The molecular formula is C20H21NO5. The lowest BCUT2D eigenvalue weighted by atomic mass is 9.90. The number of fused-ring (bicyclic) bond motifs is 1. The summed E-state index contributed by atoms with van der Waals surface area (Å²) in [4.78, 5) is 25.6. The first kappa shape index (κ1) is 17.8. The summed E-state index contributed by atoms with van der Waals surface area (Å²) in [7, 11) is 0. The first-order chi connectivity index (χ1) is 12.6. The van der Waals surface area contributed by atoms with Crippen molar-refractivity contribution in [1.82, 2.24) is 4.90 Å². The van der Waals surface area contributed by atoms with Gasteiger partial charge in [-0.1, -0.05) is 24.3 Å². The molecule has 6 heteroatoms. The summed E-state index contributed by atoms with van der Waals surface area (Å²) >= 11 is 0. The summed E-state index contributed by atoms with van der Waals surface area (Å²) in [5, 5.41) is 9.48. The van der Waals surface area contributed by atoms with Crippen LogP contribution < -0.4 is 9.47 Å². The van der Waals surface area contributed by atoms with Crippen molar-refractivity contribution in [1.29, 1.82) is 0 Å². The number of amides is 1. The zero-order valence-corrected chi connectivity index (χ0v) is 14.6. The van der Waals surface area contributed by atoms with Crippen molar-refractivity contribution in [2.75, 3.05) is 19.8 Å². The van der Waals surface area contributed by atoms with Crippen molar-refractivity contribution in [2.45, 2.75) is 19.4 Å². The van der Waals surface area contributed by atoms with E-state index in [0.717, 1.165) is 16.9 Å². The van der Waals surface area contributed by atoms with Crippen LogP contribution in [0.1, 0.15) is 24.0 Å². The second kappa shape index (κ2) is 7.91. The van der Waals surface area contributed by atoms with Gasteiger partial charge in [0.25, 0.3) is 5.91 Å². The molecule has 1 aliphatic heterocycles. The average Bonchev–Trinajstić information content (AvgIpc) is 2.66. The molecule has 1 amide bonds. The molecule has 0 aliphatic carbocycles. The fourth-order valence-electron chi connectivity index (χ4n) is 3.04. The van der Waals surface area contributed by atoms with Crippen LogP contribution in [-0.4, -0.2) is 41.6 Å². The van der Waals surface area contributed by atoms with Crippen LogP contribution in [0.5, 0.6) is 11.5 Å². The van der Waals surface area contributed by atoms with Crippen LogP contribution in [0.3, 0.4) is 0 Å². The van der Waals surface area contributed by atoms with E-state index >= 15 is 0 Å². The van der Waals surface area contributed by atoms with E-state index in [4.69, 9.17) is 9.47 Å². The number of hydrogen-bond donors (Lipinski definition) is 1. The highest BCUT2D eigenvalue weighted by Gasteiger charge is 2.32. The standard InChI is InChI=1S/C20H21NO5/c1-2-25-15-7-9-16(10-8-15)26-13-19(22)21-11-14-5-3-4-6-17(14)18(12-21)20(23)24/h3-10,18H,2,11-13H2,1H3,(H,23,24). The van der Waals surface area contributed by atoms with E-state index in [2.05, 4.69) is 0 Å². The third-order valence-electron chi connectivity index (χ3n) is 4.34. The number of benzene rings is 2. The van der Waals surface area contributed by atoms with E-state index in [-0.39, 0.29) is 19.1 Å². The maximum Gasteiger partial charge on any atom is 0.312 e. The van der Waals surface area contributed by atoms with Crippen LogP contribution in [0, 0.1) is 0 Å². The second-order valence-electron chi connectivity index (χ2n) is 6.06. The molecule has 1 aliphatic rings. The lowest BCUT2D eigenvalue weighted by Crippen LogP contribution is -2.42. The lowest BCUT2D eigenvalue weighted by molar-refractivity contribution is -0.142. The number of rotatable bonds is 6. The van der Waals surface area contributed by atoms with Crippen molar-refractivity contribution < 1.29 is 24.2 Å². The number of ether oxygens (including phenoxy) is 2. The minimum Gasteiger partial charge on any atom is -0.494 e. The quantitative estimate of drug-likeness (QED) is 0.862. The van der Waals surface area contributed by atoms with Gasteiger partial charge in [-0.3, -0.25) is 9.59 Å². The number of carboxylic acids is 1. The Morgan fingerprint density at radius 3 is 2.38 bits per heavy atom. The van der Waals surface area contributed by atoms with Crippen LogP contribution in [0.2, 0.25) is 0 Å². The van der Waals surface area contributed by atoms with E-state index in [1.165, 1.54) is 4.90 Å². The van der Waals surface area contributed by atoms with Crippen LogP contribution in [0.15, 0.2) is 48.5 Å². The van der Waals surface area contributed by atoms with Crippen LogP contribution in [0.25, 0.3) is 0 Å². The second-order valence-corrected chi connectivity index (χ2v) is 6.06. The molecule has 0 saturated carbocycles. The number of nitrogens with zero attached hydrogens (tertiary/aromatic N) is 1. The Labute approximate surface area is 152 Å². The molecule has 0 bridgehead atoms. The molecular weight excluding hydrogens is 334 g/mol. The van der Waals surface area contributed by atoms with E-state index in [0.29, 0.717) is 18.9 Å². The maximum absolute atomic E-state index is 12.5. The van der Waals surface area contributed by atoms with Crippen LogP contribution in [0.4, 0.5) is 0 Å². The summed E-state index contributed by atoms with van der Waals surface area (Å²) in [6.07, 6.45) is 0. The Hall–Kier alpha value is -3.02. The number of carbonyl (C=O) groups is 2. The predicted molar refractivity (Wildman–Crippen MR) is 95.3 cm³/mol. The third-order valence-corrected chi connectivity index (χ3v) is 4.34. The van der Waals surface area contributed by atoms with Crippen LogP contribution >= 0.6 is 0 Å². The molecule has 2 aromatic carbocycles. The molecule has 0 saturated heterocycles. The van der Waals surface area contributed by atoms with E-state index in [1.54, 1.807) is 24.3 Å². The molecule has 6 nitrogen and oxygen atoms in total. The van der Waals surface area contributed by atoms with Gasteiger partial charge in [-0.05, 0) is 42.3 Å². The number of carbonyl (C=O) groups excluding carboxylic acids is 1. The molecule has 26 heavy (non-hydrogen) atoms. The Kier molecular flexibility index (Phi) is 5.41. The zero-order valence-electron chi connectivity index (χ0n) is 14.6. The molecule has 3 rings (SSSR count). The minimum atomic E-state index is -0.928. The fourth-order valence-corrected chi connectivity index (χ4v) is 3.04. The van der Waals surface area contributed by atoms with Gasteiger partial charge in [0.2, 0.25) is 0 Å². The molecule has 0 radical (unpaired) electrons. The van der Waals surface area contributed by atoms with E-state index in [1.807, 2.05) is 31.2 Å². The summed E-state index contributed by atoms with van der Waals surface area (Å²) in [5.74, 6) is -0.575. The van der Waals surface area contributed by atoms with Crippen LogP contribution in [-0.2, 0) is 16.1 Å². The first-order valence-electron chi connectivity index (χ1n) is 8.52. The van der Waals surface area contributed by atoms with Gasteiger partial charge in [-0.25, -0.2) is 0 Å². The number of aliphatic carboxylic acids is 1. The van der Waals surface area contributed by atoms with E-state index in [9.17, 15) is 14.7 Å². The SMILES string of the molecule is CCOc1ccc(OCC(=O)N2Cc3ccccc3C(C(=O)O)C2)cc1. The summed E-state index contributed by atoms with van der Waals surface area (Å²) in [5.41, 5.74) is 1.64. The monoisotopic (exact) mass is 355 g/mol. The topological polar surface area (TPSA) is 76.1 Å². The molecule has 136 valence electrons. The van der Waals surface area contributed by atoms with Gasteiger partial charge < -0.3 is 19.5 Å². The summed E-state index contributed by atoms with van der Waals surface area (Å²) < 4.78 is 10.9. The Bertz CT molecular complexity index is 787. The van der Waals surface area contributed by atoms with Gasteiger partial charge in [-0.2, -0.15) is 0 Å². The maximum atomic E-state index is 12.5. The number of hydrogen-bond acceptors (Lipinski definition) is 4. The van der Waals surface area contributed by atoms with Crippen molar-refractivity contribution >= 4 is 11.9 Å². The van der Waals surface area contributed by atoms with Crippen molar-refractivity contribution in [2.24, 2.45) is 0 Å². The molecule has 1 heterocycles. The van der Waals surface area contributed by atoms with Gasteiger partial charge in [0.05, 0.1) is 12.5 Å². The predicted octanol–water partition coefficient (Wildman–Crippen LogP) is 2.67. The molecule has 1 atom stereocenters. The lowest BCUT2D eigenvalue weighted by Gasteiger charge is -2.32. The molecule has 0 fully saturated rings. The van der Waals surface area contributed by atoms with Gasteiger partial charge in [0.1, 0.15) is 11.5 Å². The van der Waals surface area contributed by atoms with Crippen molar-refractivity contribution in [3.05, 3.63) is 59.7 Å². The number of carboxylic acid groups (broad SMARTS) is 1. The summed E-state index contributed by atoms with van der Waals surface area (Å²) in [6, 6.07) is 14.4. The zero-order chi connectivity index (χ0) is 18.5. The van der Waals surface area contributed by atoms with Gasteiger partial charge in [-0.15, -0.1) is 0 Å². The smallest absolute Gasteiger partial charge is 0.312 e. The van der Waals surface area contributed by atoms with E-state index < -0.39 is 11.9 Å². The highest BCUT2D eigenvalue weighted by molar-refractivity contribution is 5.82. The Morgan fingerprint density at radius 1 is 1.08 bits per heavy atom. The van der Waals surface area contributed by atoms with Gasteiger partial charge >= 0.3 is 5.97 Å². The minimum absolute atomic E-state index is 0.136. The third kappa shape index (κ3) is 3.96. The summed E-state index contributed by atoms with van der Waals surface area (Å²) in [6.45, 7) is 2.90. The van der Waals surface area contributed by atoms with Gasteiger partial charge in [0, 0.05) is 13.1 Å². The highest BCUT2D eigenvalue weighted by atomic mass is 16.5. The van der Waals surface area contributed by atoms with Crippen molar-refractivity contribution in [3.63, 3.8) is 0 Å². The Balaban J connectivity index is 1.64. The van der Waals surface area contributed by atoms with Crippen molar-refractivity contribution in [3.8, 4) is 11.5 Å². The first-order valence-corrected chi connectivity index (χ1v) is 8.52. The molecule has 1 N–H and O–H groups in total. The van der Waals surface area contributed by atoms with Gasteiger partial charge in [0.15, 0.2) is 6.61 Å².